The minimum absolute atomic E-state index is 0.0193. The molecule has 0 radical (unpaired) electrons. The molecule has 1 heterocycles. The summed E-state index contributed by atoms with van der Waals surface area (Å²) in [7, 11) is 0. The molecule has 1 aromatic heterocycles. The number of para-hydroxylation sites is 1. The zero-order chi connectivity index (χ0) is 19.7. The van der Waals surface area contributed by atoms with Crippen molar-refractivity contribution in [3.05, 3.63) is 64.8 Å². The van der Waals surface area contributed by atoms with Crippen LogP contribution >= 0.6 is 0 Å². The number of benzene rings is 2. The van der Waals surface area contributed by atoms with E-state index in [1.807, 2.05) is 24.5 Å². The van der Waals surface area contributed by atoms with E-state index in [0.29, 0.717) is 23.2 Å². The van der Waals surface area contributed by atoms with Gasteiger partial charge in [0, 0.05) is 22.2 Å². The molecule has 0 aliphatic heterocycles. The number of aliphatic carboxylic acids is 1. The van der Waals surface area contributed by atoms with Crippen molar-refractivity contribution in [3.63, 3.8) is 0 Å². The molecule has 6 nitrogen and oxygen atoms in total. The minimum atomic E-state index is -1.04. The largest absolute Gasteiger partial charge is 0.508 e. The number of aromatic nitrogens is 1. The summed E-state index contributed by atoms with van der Waals surface area (Å²) < 4.78 is 1.92. The number of rotatable bonds is 6. The van der Waals surface area contributed by atoms with Crippen LogP contribution in [0.4, 0.5) is 0 Å². The molecule has 27 heavy (non-hydrogen) atoms. The summed E-state index contributed by atoms with van der Waals surface area (Å²) >= 11 is 0. The van der Waals surface area contributed by atoms with Crippen LogP contribution in [0.15, 0.2) is 42.5 Å². The smallest absolute Gasteiger partial charge is 0.335 e. The van der Waals surface area contributed by atoms with E-state index in [1.165, 1.54) is 6.07 Å². The van der Waals surface area contributed by atoms with Gasteiger partial charge in [0.05, 0.1) is 18.5 Å². The first-order valence-corrected chi connectivity index (χ1v) is 8.66. The lowest BCUT2D eigenvalue weighted by atomic mass is 10.0. The summed E-state index contributed by atoms with van der Waals surface area (Å²) in [5.41, 5.74) is 2.98. The van der Waals surface area contributed by atoms with Gasteiger partial charge in [-0.2, -0.15) is 0 Å². The highest BCUT2D eigenvalue weighted by molar-refractivity contribution is 5.96. The van der Waals surface area contributed by atoms with Crippen LogP contribution in [0.1, 0.15) is 46.9 Å². The molecular formula is C21H21NO5. The lowest BCUT2D eigenvalue weighted by Crippen LogP contribution is -2.10. The summed E-state index contributed by atoms with van der Waals surface area (Å²) in [6.07, 6.45) is -0.149. The first-order valence-electron chi connectivity index (χ1n) is 8.66. The molecule has 2 aromatic carbocycles. The van der Waals surface area contributed by atoms with E-state index < -0.39 is 11.9 Å². The van der Waals surface area contributed by atoms with Crippen LogP contribution in [0.25, 0.3) is 10.9 Å². The Labute approximate surface area is 156 Å². The van der Waals surface area contributed by atoms with Crippen LogP contribution in [-0.4, -0.2) is 31.8 Å². The van der Waals surface area contributed by atoms with Crippen LogP contribution in [0, 0.1) is 0 Å². The molecule has 0 saturated heterocycles. The third-order valence-electron chi connectivity index (χ3n) is 4.66. The van der Waals surface area contributed by atoms with Gasteiger partial charge in [-0.25, -0.2) is 4.79 Å². The molecule has 140 valence electrons. The standard InChI is InChI=1S/C21H21NO5/c1-12(2)20-16(10-19(24)25)15-8-7-13(21(26)27)9-17(15)22(20)11-14-5-3-4-6-18(14)23/h3-9,12,23H,10-11H2,1-2H3,(H,24,25)(H,26,27). The second kappa shape index (κ2) is 7.15. The number of hydrogen-bond acceptors (Lipinski definition) is 3. The Kier molecular flexibility index (Phi) is 4.90. The van der Waals surface area contributed by atoms with Crippen molar-refractivity contribution >= 4 is 22.8 Å². The molecule has 0 fully saturated rings. The predicted molar refractivity (Wildman–Crippen MR) is 102 cm³/mol. The van der Waals surface area contributed by atoms with Crippen LogP contribution < -0.4 is 0 Å². The van der Waals surface area contributed by atoms with Crippen LogP contribution in [0.5, 0.6) is 5.75 Å². The maximum Gasteiger partial charge on any atom is 0.335 e. The SMILES string of the molecule is CC(C)c1c(CC(=O)O)c2ccc(C(=O)O)cc2n1Cc1ccccc1O. The van der Waals surface area contributed by atoms with E-state index in [2.05, 4.69) is 0 Å². The Morgan fingerprint density at radius 2 is 1.78 bits per heavy atom. The highest BCUT2D eigenvalue weighted by atomic mass is 16.4. The van der Waals surface area contributed by atoms with Gasteiger partial charge < -0.3 is 19.9 Å². The fourth-order valence-electron chi connectivity index (χ4n) is 3.56. The summed E-state index contributed by atoms with van der Waals surface area (Å²) in [6.45, 7) is 4.26. The van der Waals surface area contributed by atoms with Gasteiger partial charge >= 0.3 is 11.9 Å². The molecule has 6 heteroatoms. The fraction of sp³-hybridized carbons (Fsp3) is 0.238. The highest BCUT2D eigenvalue weighted by Crippen LogP contribution is 2.34. The van der Waals surface area contributed by atoms with Gasteiger partial charge in [0.2, 0.25) is 0 Å². The summed E-state index contributed by atoms with van der Waals surface area (Å²) in [5.74, 6) is -1.83. The average molecular weight is 367 g/mol. The van der Waals surface area contributed by atoms with Gasteiger partial charge in [-0.05, 0) is 29.7 Å². The Bertz CT molecular complexity index is 1030. The molecule has 0 amide bonds. The number of fused-ring (bicyclic) bond motifs is 1. The van der Waals surface area contributed by atoms with Crippen LogP contribution in [0.3, 0.4) is 0 Å². The number of carboxylic acid groups (broad SMARTS) is 2. The Morgan fingerprint density at radius 3 is 2.37 bits per heavy atom. The zero-order valence-electron chi connectivity index (χ0n) is 15.1. The number of carbonyl (C=O) groups is 2. The van der Waals surface area contributed by atoms with E-state index in [9.17, 15) is 24.9 Å². The van der Waals surface area contributed by atoms with E-state index >= 15 is 0 Å². The van der Waals surface area contributed by atoms with Gasteiger partial charge in [-0.1, -0.05) is 38.1 Å². The van der Waals surface area contributed by atoms with Crippen molar-refractivity contribution in [1.29, 1.82) is 0 Å². The second-order valence-corrected chi connectivity index (χ2v) is 6.84. The topological polar surface area (TPSA) is 99.8 Å². The van der Waals surface area contributed by atoms with Crippen molar-refractivity contribution in [1.82, 2.24) is 4.57 Å². The number of carboxylic acids is 2. The second-order valence-electron chi connectivity index (χ2n) is 6.84. The normalized spacial score (nSPS) is 11.2. The van der Waals surface area contributed by atoms with Crippen molar-refractivity contribution in [2.75, 3.05) is 0 Å². The van der Waals surface area contributed by atoms with E-state index in [1.54, 1.807) is 30.3 Å². The molecule has 3 aromatic rings. The first kappa shape index (κ1) is 18.5. The monoisotopic (exact) mass is 367 g/mol. The summed E-state index contributed by atoms with van der Waals surface area (Å²) in [4.78, 5) is 22.9. The van der Waals surface area contributed by atoms with E-state index in [0.717, 1.165) is 11.1 Å². The van der Waals surface area contributed by atoms with Crippen molar-refractivity contribution < 1.29 is 24.9 Å². The first-order chi connectivity index (χ1) is 12.8. The maximum atomic E-state index is 11.4. The van der Waals surface area contributed by atoms with E-state index in [4.69, 9.17) is 0 Å². The lowest BCUT2D eigenvalue weighted by molar-refractivity contribution is -0.136. The summed E-state index contributed by atoms with van der Waals surface area (Å²) in [5, 5.41) is 29.6. The molecule has 0 atom stereocenters. The van der Waals surface area contributed by atoms with Gasteiger partial charge in [0.25, 0.3) is 0 Å². The van der Waals surface area contributed by atoms with Crippen LogP contribution in [0.2, 0.25) is 0 Å². The van der Waals surface area contributed by atoms with E-state index in [-0.39, 0.29) is 23.7 Å². The number of nitrogens with zero attached hydrogens (tertiary/aromatic N) is 1. The van der Waals surface area contributed by atoms with Crippen molar-refractivity contribution in [3.8, 4) is 5.75 Å². The number of hydrogen-bond donors (Lipinski definition) is 3. The number of phenolic OH excluding ortho intramolecular Hbond substituents is 1. The molecule has 0 saturated carbocycles. The van der Waals surface area contributed by atoms with Gasteiger partial charge in [-0.3, -0.25) is 4.79 Å². The predicted octanol–water partition coefficient (Wildman–Crippen LogP) is 3.84. The number of aromatic hydroxyl groups is 1. The number of phenols is 1. The molecule has 0 spiro atoms. The molecule has 0 aliphatic rings. The number of aromatic carboxylic acids is 1. The minimum Gasteiger partial charge on any atom is -0.508 e. The third kappa shape index (κ3) is 3.51. The highest BCUT2D eigenvalue weighted by Gasteiger charge is 2.22. The van der Waals surface area contributed by atoms with Crippen molar-refractivity contribution in [2.45, 2.75) is 32.7 Å². The Hall–Kier alpha value is -3.28. The zero-order valence-corrected chi connectivity index (χ0v) is 15.1. The summed E-state index contributed by atoms with van der Waals surface area (Å²) in [6, 6.07) is 11.7. The molecule has 0 bridgehead atoms. The van der Waals surface area contributed by atoms with Crippen molar-refractivity contribution in [2.24, 2.45) is 0 Å². The van der Waals surface area contributed by atoms with Gasteiger partial charge in [0.15, 0.2) is 0 Å². The Morgan fingerprint density at radius 1 is 1.07 bits per heavy atom. The molecular weight excluding hydrogens is 346 g/mol. The van der Waals surface area contributed by atoms with Gasteiger partial charge in [0.1, 0.15) is 5.75 Å². The lowest BCUT2D eigenvalue weighted by Gasteiger charge is -2.16. The molecule has 3 N–H and O–H groups in total. The quantitative estimate of drug-likeness (QED) is 0.615. The van der Waals surface area contributed by atoms with Crippen LogP contribution in [-0.2, 0) is 17.8 Å². The molecule has 0 unspecified atom stereocenters. The maximum absolute atomic E-state index is 11.4. The van der Waals surface area contributed by atoms with Gasteiger partial charge in [-0.15, -0.1) is 0 Å². The fourth-order valence-corrected chi connectivity index (χ4v) is 3.56. The molecule has 0 aliphatic carbocycles. The average Bonchev–Trinajstić information content (AvgIpc) is 2.89. The molecule has 3 rings (SSSR count). The third-order valence-corrected chi connectivity index (χ3v) is 4.66. The Balaban J connectivity index is 2.31.